The minimum atomic E-state index is -0.379. The van der Waals surface area contributed by atoms with Crippen molar-refractivity contribution in [2.24, 2.45) is 0 Å². The monoisotopic (exact) mass is 442 g/mol. The first kappa shape index (κ1) is 22.4. The van der Waals surface area contributed by atoms with Crippen molar-refractivity contribution in [3.05, 3.63) is 80.9 Å². The molecule has 4 rings (SSSR count). The molecule has 0 bridgehead atoms. The topological polar surface area (TPSA) is 92.3 Å². The van der Waals surface area contributed by atoms with E-state index < -0.39 is 0 Å². The smallest absolute Gasteiger partial charge is 0.258 e. The van der Waals surface area contributed by atoms with Crippen molar-refractivity contribution in [2.45, 2.75) is 47.0 Å². The molecule has 2 aromatic carbocycles. The van der Waals surface area contributed by atoms with Crippen LogP contribution in [0.5, 0.6) is 0 Å². The van der Waals surface area contributed by atoms with Crippen LogP contribution in [0.3, 0.4) is 0 Å². The fourth-order valence-corrected chi connectivity index (χ4v) is 4.85. The molecule has 0 unspecified atom stereocenters. The van der Waals surface area contributed by atoms with Crippen molar-refractivity contribution in [1.29, 1.82) is 0 Å². The molecule has 0 radical (unpaired) electrons. The van der Waals surface area contributed by atoms with Crippen LogP contribution in [-0.4, -0.2) is 23.6 Å². The van der Waals surface area contributed by atoms with Crippen LogP contribution in [0.15, 0.2) is 36.4 Å². The van der Waals surface area contributed by atoms with Gasteiger partial charge in [-0.25, -0.2) is 0 Å². The van der Waals surface area contributed by atoms with Gasteiger partial charge >= 0.3 is 0 Å². The summed E-state index contributed by atoms with van der Waals surface area (Å²) in [5.74, 6) is -1.46. The third kappa shape index (κ3) is 4.16. The van der Waals surface area contributed by atoms with E-state index >= 15 is 0 Å². The van der Waals surface area contributed by atoms with Crippen molar-refractivity contribution in [1.82, 2.24) is 10.6 Å². The third-order valence-corrected chi connectivity index (χ3v) is 6.18. The van der Waals surface area contributed by atoms with Crippen molar-refractivity contribution in [2.75, 3.05) is 0 Å². The molecular weight excluding hydrogens is 416 g/mol. The van der Waals surface area contributed by atoms with Gasteiger partial charge in [0.2, 0.25) is 0 Å². The van der Waals surface area contributed by atoms with E-state index in [0.717, 1.165) is 57.3 Å². The molecule has 2 aromatic rings. The number of rotatable bonds is 6. The van der Waals surface area contributed by atoms with Crippen molar-refractivity contribution >= 4 is 34.8 Å². The fraction of sp³-hybridized carbons (Fsp3) is 0.259. The van der Waals surface area contributed by atoms with Crippen molar-refractivity contribution in [3.8, 4) is 0 Å². The highest BCUT2D eigenvalue weighted by molar-refractivity contribution is 6.34. The molecule has 0 aliphatic carbocycles. The lowest BCUT2D eigenvalue weighted by atomic mass is 9.87. The van der Waals surface area contributed by atoms with E-state index in [4.69, 9.17) is 0 Å². The second-order valence-electron chi connectivity index (χ2n) is 8.53. The van der Waals surface area contributed by atoms with Crippen LogP contribution in [0, 0.1) is 13.8 Å². The molecule has 2 aliphatic rings. The van der Waals surface area contributed by atoms with E-state index in [0.29, 0.717) is 17.6 Å². The Hall–Kier alpha value is -3.80. The van der Waals surface area contributed by atoms with Gasteiger partial charge in [-0.3, -0.25) is 29.8 Å². The number of imide groups is 2. The van der Waals surface area contributed by atoms with Crippen LogP contribution in [0.2, 0.25) is 0 Å². The molecule has 6 heteroatoms. The molecule has 6 nitrogen and oxygen atoms in total. The van der Waals surface area contributed by atoms with Gasteiger partial charge in [-0.1, -0.05) is 38.1 Å². The van der Waals surface area contributed by atoms with Gasteiger partial charge in [-0.05, 0) is 77.6 Å². The Balaban J connectivity index is 1.71. The van der Waals surface area contributed by atoms with Crippen LogP contribution in [0.1, 0.15) is 58.4 Å². The number of carbonyl (C=O) groups excluding carboxylic acids is 4. The molecule has 0 aromatic heterocycles. The average Bonchev–Trinajstić information content (AvgIpc) is 3.26. The summed E-state index contributed by atoms with van der Waals surface area (Å²) in [5, 5.41) is 4.65. The highest BCUT2D eigenvalue weighted by Crippen LogP contribution is 2.31. The van der Waals surface area contributed by atoms with Gasteiger partial charge in [-0.15, -0.1) is 0 Å². The Morgan fingerprint density at radius 1 is 0.636 bits per heavy atom. The quantitative estimate of drug-likeness (QED) is 0.673. The second kappa shape index (κ2) is 8.62. The lowest BCUT2D eigenvalue weighted by Crippen LogP contribution is -2.22. The summed E-state index contributed by atoms with van der Waals surface area (Å²) in [7, 11) is 0. The zero-order chi connectivity index (χ0) is 23.9. The Bertz CT molecular complexity index is 1200. The first-order valence-electron chi connectivity index (χ1n) is 11.1. The normalized spacial score (nSPS) is 15.5. The summed E-state index contributed by atoms with van der Waals surface area (Å²) in [6.07, 6.45) is 4.91. The molecule has 0 saturated carbocycles. The maximum atomic E-state index is 12.2. The summed E-state index contributed by atoms with van der Waals surface area (Å²) < 4.78 is 0. The van der Waals surface area contributed by atoms with Gasteiger partial charge in [-0.2, -0.15) is 0 Å². The van der Waals surface area contributed by atoms with Crippen LogP contribution >= 0.6 is 0 Å². The number of benzene rings is 2. The Kier molecular flexibility index (Phi) is 5.85. The molecule has 2 heterocycles. The molecule has 4 amide bonds. The van der Waals surface area contributed by atoms with E-state index in [1.807, 2.05) is 27.7 Å². The second-order valence-corrected chi connectivity index (χ2v) is 8.53. The van der Waals surface area contributed by atoms with Gasteiger partial charge in [0.15, 0.2) is 0 Å². The number of hydrogen-bond acceptors (Lipinski definition) is 4. The summed E-state index contributed by atoms with van der Waals surface area (Å²) in [5.41, 5.74) is 8.68. The number of nitrogens with one attached hydrogen (secondary N) is 2. The lowest BCUT2D eigenvalue weighted by molar-refractivity contribution is -0.124. The summed E-state index contributed by atoms with van der Waals surface area (Å²) >= 11 is 0. The highest BCUT2D eigenvalue weighted by atomic mass is 16.2. The third-order valence-electron chi connectivity index (χ3n) is 6.18. The van der Waals surface area contributed by atoms with Gasteiger partial charge < -0.3 is 0 Å². The van der Waals surface area contributed by atoms with E-state index in [1.54, 1.807) is 0 Å². The molecule has 33 heavy (non-hydrogen) atoms. The predicted octanol–water partition coefficient (Wildman–Crippen LogP) is 3.10. The van der Waals surface area contributed by atoms with Crippen molar-refractivity contribution in [3.63, 3.8) is 0 Å². The number of amides is 4. The molecule has 168 valence electrons. The number of hydrogen-bond donors (Lipinski definition) is 2. The molecule has 2 N–H and O–H groups in total. The lowest BCUT2D eigenvalue weighted by Gasteiger charge is -2.17. The molecule has 0 saturated heterocycles. The molecule has 2 aliphatic heterocycles. The molecule has 0 fully saturated rings. The van der Waals surface area contributed by atoms with Crippen LogP contribution in [-0.2, 0) is 38.4 Å². The number of aryl methyl sites for hydroxylation is 4. The minimum Gasteiger partial charge on any atom is -0.289 e. The predicted molar refractivity (Wildman–Crippen MR) is 126 cm³/mol. The fourth-order valence-electron chi connectivity index (χ4n) is 4.85. The summed E-state index contributed by atoms with van der Waals surface area (Å²) in [4.78, 5) is 47.7. The molecular formula is C27H26N2O4. The van der Waals surface area contributed by atoms with Gasteiger partial charge in [0.25, 0.3) is 23.6 Å². The average molecular weight is 443 g/mol. The SMILES string of the molecule is CCc1cc(Cc2cc(C)c(C3=CC(=O)NC3=O)c(CC)c2)cc(C)c1C1=CC(=O)NC1=O. The highest BCUT2D eigenvalue weighted by Gasteiger charge is 2.27. The van der Waals surface area contributed by atoms with E-state index in [1.165, 1.54) is 12.2 Å². The van der Waals surface area contributed by atoms with E-state index in [-0.39, 0.29) is 23.6 Å². The standard InChI is InChI=1S/C27H26N2O4/c1-5-18-10-16(7-14(3)24(18)20-12-22(30)28-26(20)32)9-17-8-15(4)25(19(6-2)11-17)21-13-23(31)29-27(21)33/h7-8,10-13H,5-6,9H2,1-4H3,(H,28,30,32)(H,29,31,33). The zero-order valence-electron chi connectivity index (χ0n) is 19.2. The first-order chi connectivity index (χ1) is 15.7. The Morgan fingerprint density at radius 2 is 1.03 bits per heavy atom. The van der Waals surface area contributed by atoms with Gasteiger partial charge in [0, 0.05) is 12.2 Å². The van der Waals surface area contributed by atoms with Gasteiger partial charge in [0.05, 0.1) is 11.1 Å². The summed E-state index contributed by atoms with van der Waals surface area (Å²) in [6, 6.07) is 8.32. The molecule has 0 atom stereocenters. The van der Waals surface area contributed by atoms with E-state index in [2.05, 4.69) is 34.9 Å². The largest absolute Gasteiger partial charge is 0.289 e. The van der Waals surface area contributed by atoms with Crippen LogP contribution < -0.4 is 10.6 Å². The minimum absolute atomic E-state index is 0.354. The zero-order valence-corrected chi connectivity index (χ0v) is 19.2. The maximum Gasteiger partial charge on any atom is 0.258 e. The maximum absolute atomic E-state index is 12.2. The number of carbonyl (C=O) groups is 4. The Morgan fingerprint density at radius 3 is 1.33 bits per heavy atom. The van der Waals surface area contributed by atoms with Crippen LogP contribution in [0.4, 0.5) is 0 Å². The van der Waals surface area contributed by atoms with Crippen molar-refractivity contribution < 1.29 is 19.2 Å². The molecule has 0 spiro atoms. The Labute approximate surface area is 192 Å². The summed E-state index contributed by atoms with van der Waals surface area (Å²) in [6.45, 7) is 7.99. The van der Waals surface area contributed by atoms with Gasteiger partial charge in [0.1, 0.15) is 0 Å². The van der Waals surface area contributed by atoms with Crippen LogP contribution in [0.25, 0.3) is 11.1 Å². The first-order valence-corrected chi connectivity index (χ1v) is 11.1. The van der Waals surface area contributed by atoms with E-state index in [9.17, 15) is 19.2 Å².